The van der Waals surface area contributed by atoms with Gasteiger partial charge in [0.1, 0.15) is 12.4 Å². The molecule has 0 aliphatic heterocycles. The van der Waals surface area contributed by atoms with Crippen molar-refractivity contribution in [3.8, 4) is 0 Å². The summed E-state index contributed by atoms with van der Waals surface area (Å²) in [5, 5.41) is 0. The molecule has 0 saturated heterocycles. The first-order valence-corrected chi connectivity index (χ1v) is 8.97. The van der Waals surface area contributed by atoms with Gasteiger partial charge in [0.25, 0.3) is 0 Å². The van der Waals surface area contributed by atoms with Crippen LogP contribution in [0.4, 0.5) is 0 Å². The normalized spacial score (nSPS) is 29.6. The van der Waals surface area contributed by atoms with Gasteiger partial charge in [-0.1, -0.05) is 75.4 Å². The number of nitrogens with two attached hydrogens (primary N) is 1. The Hall–Kier alpha value is -2.48. The zero-order chi connectivity index (χ0) is 17.7. The van der Waals surface area contributed by atoms with Crippen LogP contribution in [0.1, 0.15) is 26.3 Å². The molecule has 0 amide bonds. The fourth-order valence-electron chi connectivity index (χ4n) is 4.51. The second-order valence-electron chi connectivity index (χ2n) is 7.67. The molecule has 0 spiro atoms. The molecule has 4 rings (SSSR count). The summed E-state index contributed by atoms with van der Waals surface area (Å²) < 4.78 is 6.09. The molecule has 2 unspecified atom stereocenters. The Morgan fingerprint density at radius 2 is 1.64 bits per heavy atom. The summed E-state index contributed by atoms with van der Waals surface area (Å²) >= 11 is 0. The van der Waals surface area contributed by atoms with Crippen molar-refractivity contribution in [2.75, 3.05) is 0 Å². The van der Waals surface area contributed by atoms with Gasteiger partial charge in [0, 0.05) is 10.8 Å². The summed E-state index contributed by atoms with van der Waals surface area (Å²) in [7, 11) is 0. The van der Waals surface area contributed by atoms with Gasteiger partial charge in [-0.25, -0.2) is 0 Å². The number of rotatable bonds is 4. The summed E-state index contributed by atoms with van der Waals surface area (Å²) in [6, 6.07) is 10.2. The maximum atomic E-state index is 6.38. The van der Waals surface area contributed by atoms with Crippen LogP contribution in [0.25, 0.3) is 0 Å². The summed E-state index contributed by atoms with van der Waals surface area (Å²) in [6.07, 6.45) is 13.4. The molecule has 0 radical (unpaired) electrons. The van der Waals surface area contributed by atoms with E-state index in [0.717, 1.165) is 11.3 Å². The molecule has 3 aliphatic carbocycles. The molecule has 0 bridgehead atoms. The highest BCUT2D eigenvalue weighted by Crippen LogP contribution is 2.64. The first kappa shape index (κ1) is 16.0. The van der Waals surface area contributed by atoms with E-state index in [1.54, 1.807) is 0 Å². The van der Waals surface area contributed by atoms with Crippen LogP contribution in [-0.4, -0.2) is 0 Å². The van der Waals surface area contributed by atoms with Gasteiger partial charge in [-0.3, -0.25) is 0 Å². The quantitative estimate of drug-likeness (QED) is 0.840. The van der Waals surface area contributed by atoms with E-state index in [0.29, 0.717) is 18.2 Å². The van der Waals surface area contributed by atoms with Gasteiger partial charge >= 0.3 is 0 Å². The average Bonchev–Trinajstić information content (AvgIpc) is 3.00. The zero-order valence-corrected chi connectivity index (χ0v) is 15.1. The van der Waals surface area contributed by atoms with Crippen molar-refractivity contribution in [2.24, 2.45) is 22.5 Å². The van der Waals surface area contributed by atoms with Crippen molar-refractivity contribution in [3.05, 3.63) is 95.0 Å². The number of hydrogen-bond donors (Lipinski definition) is 1. The summed E-state index contributed by atoms with van der Waals surface area (Å²) in [5.41, 5.74) is 10.7. The van der Waals surface area contributed by atoms with Crippen molar-refractivity contribution < 1.29 is 4.74 Å². The average molecular weight is 331 g/mol. The van der Waals surface area contributed by atoms with E-state index >= 15 is 0 Å². The largest absolute Gasteiger partial charge is 0.487 e. The molecule has 2 nitrogen and oxygen atoms in total. The first-order chi connectivity index (χ1) is 12.0. The van der Waals surface area contributed by atoms with Gasteiger partial charge in [0.05, 0.1) is 5.70 Å². The lowest BCUT2D eigenvalue weighted by Gasteiger charge is -2.42. The minimum Gasteiger partial charge on any atom is -0.487 e. The first-order valence-electron chi connectivity index (χ1n) is 8.97. The summed E-state index contributed by atoms with van der Waals surface area (Å²) in [6.45, 7) is 7.44. The lowest BCUT2D eigenvalue weighted by molar-refractivity contribution is 0.203. The van der Waals surface area contributed by atoms with Crippen LogP contribution in [0, 0.1) is 16.7 Å². The molecule has 0 heterocycles. The van der Waals surface area contributed by atoms with Crippen LogP contribution in [0.2, 0.25) is 0 Å². The molecule has 2 heteroatoms. The molecule has 25 heavy (non-hydrogen) atoms. The Bertz CT molecular complexity index is 853. The van der Waals surface area contributed by atoms with Crippen molar-refractivity contribution in [1.29, 1.82) is 0 Å². The lowest BCUT2D eigenvalue weighted by atomic mass is 9.60. The predicted octanol–water partition coefficient (Wildman–Crippen LogP) is 5.03. The number of benzene rings is 1. The fraction of sp³-hybridized carbons (Fsp3) is 0.304. The standard InChI is InChI=1S/C23H25NO/c1-16(2)23-11-9-18-13-20(24)21(14-19(10-12-23)22(18,23)3)25-15-17-7-5-4-6-8-17/h4-14,16H,15,24H2,1-3H3. The molecular weight excluding hydrogens is 306 g/mol. The Balaban J connectivity index is 1.71. The predicted molar refractivity (Wildman–Crippen MR) is 102 cm³/mol. The van der Waals surface area contributed by atoms with Gasteiger partial charge < -0.3 is 10.5 Å². The van der Waals surface area contributed by atoms with Crippen LogP contribution in [-0.2, 0) is 11.3 Å². The topological polar surface area (TPSA) is 35.2 Å². The maximum absolute atomic E-state index is 6.38. The fourth-order valence-corrected chi connectivity index (χ4v) is 4.51. The molecule has 1 aromatic rings. The minimum absolute atomic E-state index is 0.0276. The van der Waals surface area contributed by atoms with E-state index in [-0.39, 0.29) is 10.8 Å². The molecule has 3 aliphatic rings. The second kappa shape index (κ2) is 5.52. The van der Waals surface area contributed by atoms with Crippen LogP contribution in [0.5, 0.6) is 0 Å². The molecule has 0 saturated carbocycles. The SMILES string of the molecule is CC(C)C12C=CC3=CC(N)=C(OCc4ccccc4)C=C(C=C1)C32C. The van der Waals surface area contributed by atoms with Gasteiger partial charge in [0.15, 0.2) is 0 Å². The van der Waals surface area contributed by atoms with Gasteiger partial charge in [-0.15, -0.1) is 0 Å². The molecule has 1 aromatic carbocycles. The highest BCUT2D eigenvalue weighted by molar-refractivity contribution is 5.61. The highest BCUT2D eigenvalue weighted by Gasteiger charge is 2.56. The van der Waals surface area contributed by atoms with Crippen molar-refractivity contribution in [3.63, 3.8) is 0 Å². The van der Waals surface area contributed by atoms with E-state index in [4.69, 9.17) is 10.5 Å². The third kappa shape index (κ3) is 2.17. The molecule has 0 aromatic heterocycles. The third-order valence-electron chi connectivity index (χ3n) is 6.17. The Kier molecular flexibility index (Phi) is 3.54. The number of allylic oxidation sites excluding steroid dienone is 8. The van der Waals surface area contributed by atoms with Crippen LogP contribution < -0.4 is 5.73 Å². The smallest absolute Gasteiger partial charge is 0.143 e. The zero-order valence-electron chi connectivity index (χ0n) is 15.1. The van der Waals surface area contributed by atoms with E-state index in [1.165, 1.54) is 11.1 Å². The van der Waals surface area contributed by atoms with Crippen molar-refractivity contribution in [2.45, 2.75) is 27.4 Å². The Labute approximate surface area is 150 Å². The van der Waals surface area contributed by atoms with Gasteiger partial charge in [-0.2, -0.15) is 0 Å². The molecule has 2 atom stereocenters. The van der Waals surface area contributed by atoms with E-state index in [2.05, 4.69) is 69.4 Å². The highest BCUT2D eigenvalue weighted by atomic mass is 16.5. The van der Waals surface area contributed by atoms with E-state index in [1.807, 2.05) is 18.2 Å². The van der Waals surface area contributed by atoms with Crippen molar-refractivity contribution in [1.82, 2.24) is 0 Å². The molecule has 0 fully saturated rings. The van der Waals surface area contributed by atoms with Crippen LogP contribution >= 0.6 is 0 Å². The minimum atomic E-state index is -0.0658. The number of ether oxygens (including phenoxy) is 1. The van der Waals surface area contributed by atoms with Crippen LogP contribution in [0.15, 0.2) is 89.4 Å². The monoisotopic (exact) mass is 331 g/mol. The Morgan fingerprint density at radius 3 is 2.28 bits per heavy atom. The summed E-state index contributed by atoms with van der Waals surface area (Å²) in [4.78, 5) is 0. The van der Waals surface area contributed by atoms with Gasteiger partial charge in [0.2, 0.25) is 0 Å². The number of hydrogen-bond acceptors (Lipinski definition) is 2. The van der Waals surface area contributed by atoms with E-state index < -0.39 is 0 Å². The third-order valence-corrected chi connectivity index (χ3v) is 6.17. The second-order valence-corrected chi connectivity index (χ2v) is 7.67. The molecule has 128 valence electrons. The van der Waals surface area contributed by atoms with Crippen molar-refractivity contribution >= 4 is 0 Å². The lowest BCUT2D eigenvalue weighted by Crippen LogP contribution is -2.36. The van der Waals surface area contributed by atoms with E-state index in [9.17, 15) is 0 Å². The molecular formula is C23H25NO. The van der Waals surface area contributed by atoms with Crippen LogP contribution in [0.3, 0.4) is 0 Å². The maximum Gasteiger partial charge on any atom is 0.143 e. The summed E-state index contributed by atoms with van der Waals surface area (Å²) in [5.74, 6) is 1.27. The molecule has 2 N–H and O–H groups in total. The van der Waals surface area contributed by atoms with Gasteiger partial charge in [-0.05, 0) is 34.8 Å². The Morgan fingerprint density at radius 1 is 1.00 bits per heavy atom.